The van der Waals surface area contributed by atoms with Crippen molar-refractivity contribution in [3.05, 3.63) is 65.7 Å². The van der Waals surface area contributed by atoms with E-state index in [1.807, 2.05) is 54.6 Å². The highest BCUT2D eigenvalue weighted by molar-refractivity contribution is 5.88. The number of nitrogens with one attached hydrogen (secondary N) is 1. The van der Waals surface area contributed by atoms with E-state index in [1.54, 1.807) is 26.0 Å². The van der Waals surface area contributed by atoms with Gasteiger partial charge in [-0.3, -0.25) is 9.59 Å². The Morgan fingerprint density at radius 3 is 2.27 bits per heavy atom. The average Bonchev–Trinajstić information content (AvgIpc) is 2.68. The number of hydrogen-bond acceptors (Lipinski definition) is 3. The van der Waals surface area contributed by atoms with E-state index in [9.17, 15) is 9.59 Å². The smallest absolute Gasteiger partial charge is 0.242 e. The van der Waals surface area contributed by atoms with Crippen LogP contribution >= 0.6 is 0 Å². The lowest BCUT2D eigenvalue weighted by molar-refractivity contribution is -0.139. The molecular weight excluding hydrogens is 328 g/mol. The Bertz CT molecular complexity index is 714. The van der Waals surface area contributed by atoms with Crippen molar-refractivity contribution in [2.45, 2.75) is 25.8 Å². The first kappa shape index (κ1) is 19.5. The second-order valence-corrected chi connectivity index (χ2v) is 6.14. The maximum absolute atomic E-state index is 12.9. The van der Waals surface area contributed by atoms with Gasteiger partial charge in [-0.05, 0) is 36.6 Å². The third-order valence-electron chi connectivity index (χ3n) is 4.41. The minimum Gasteiger partial charge on any atom is -0.497 e. The summed E-state index contributed by atoms with van der Waals surface area (Å²) in [6.45, 7) is 2.25. The van der Waals surface area contributed by atoms with Crippen LogP contribution in [0, 0.1) is 0 Å². The Labute approximate surface area is 155 Å². The van der Waals surface area contributed by atoms with Crippen molar-refractivity contribution in [2.75, 3.05) is 20.7 Å². The molecule has 2 aromatic rings. The topological polar surface area (TPSA) is 58.6 Å². The standard InChI is InChI=1S/C21H26N2O3/c1-16(21(25)22-2)23(14-13-17-7-5-4-6-8-17)20(24)15-18-9-11-19(26-3)12-10-18/h4-12,16H,13-15H2,1-3H3,(H,22,25)/t16-/m1/s1. The van der Waals surface area contributed by atoms with E-state index in [0.717, 1.165) is 16.9 Å². The number of nitrogens with zero attached hydrogens (tertiary/aromatic N) is 1. The molecule has 2 rings (SSSR count). The molecule has 0 saturated carbocycles. The predicted molar refractivity (Wildman–Crippen MR) is 102 cm³/mol. The van der Waals surface area contributed by atoms with Gasteiger partial charge in [0.25, 0.3) is 0 Å². The van der Waals surface area contributed by atoms with Crippen molar-refractivity contribution in [1.29, 1.82) is 0 Å². The molecule has 0 saturated heterocycles. The molecule has 0 radical (unpaired) electrons. The molecule has 1 N–H and O–H groups in total. The molecule has 5 heteroatoms. The summed E-state index contributed by atoms with van der Waals surface area (Å²) in [5.41, 5.74) is 2.03. The van der Waals surface area contributed by atoms with Crippen molar-refractivity contribution in [3.63, 3.8) is 0 Å². The summed E-state index contributed by atoms with van der Waals surface area (Å²) in [6.07, 6.45) is 0.955. The van der Waals surface area contributed by atoms with Gasteiger partial charge >= 0.3 is 0 Å². The second-order valence-electron chi connectivity index (χ2n) is 6.14. The van der Waals surface area contributed by atoms with Gasteiger partial charge in [-0.1, -0.05) is 42.5 Å². The highest BCUT2D eigenvalue weighted by Gasteiger charge is 2.25. The molecule has 0 aliphatic carbocycles. The quantitative estimate of drug-likeness (QED) is 0.792. The normalized spacial score (nSPS) is 11.5. The van der Waals surface area contributed by atoms with Gasteiger partial charge in [0.15, 0.2) is 0 Å². The van der Waals surface area contributed by atoms with Gasteiger partial charge in [-0.2, -0.15) is 0 Å². The molecule has 0 unspecified atom stereocenters. The number of carbonyl (C=O) groups excluding carboxylic acids is 2. The fourth-order valence-corrected chi connectivity index (χ4v) is 2.80. The Morgan fingerprint density at radius 2 is 1.69 bits per heavy atom. The summed E-state index contributed by atoms with van der Waals surface area (Å²) in [5, 5.41) is 2.63. The lowest BCUT2D eigenvalue weighted by Gasteiger charge is -2.28. The molecule has 0 aliphatic rings. The summed E-state index contributed by atoms with van der Waals surface area (Å²) >= 11 is 0. The molecule has 2 aromatic carbocycles. The Morgan fingerprint density at radius 1 is 1.04 bits per heavy atom. The third-order valence-corrected chi connectivity index (χ3v) is 4.41. The Hall–Kier alpha value is -2.82. The summed E-state index contributed by atoms with van der Waals surface area (Å²) in [7, 11) is 3.19. The largest absolute Gasteiger partial charge is 0.497 e. The fourth-order valence-electron chi connectivity index (χ4n) is 2.80. The maximum atomic E-state index is 12.9. The van der Waals surface area contributed by atoms with Gasteiger partial charge in [-0.15, -0.1) is 0 Å². The van der Waals surface area contributed by atoms with Crippen LogP contribution in [0.1, 0.15) is 18.1 Å². The summed E-state index contributed by atoms with van der Waals surface area (Å²) in [5.74, 6) is 0.518. The van der Waals surface area contributed by atoms with Gasteiger partial charge in [-0.25, -0.2) is 0 Å². The lowest BCUT2D eigenvalue weighted by Crippen LogP contribution is -2.48. The zero-order valence-corrected chi connectivity index (χ0v) is 15.6. The minimum atomic E-state index is -0.519. The van der Waals surface area contributed by atoms with E-state index in [2.05, 4.69) is 5.32 Å². The van der Waals surface area contributed by atoms with Gasteiger partial charge < -0.3 is 15.0 Å². The van der Waals surface area contributed by atoms with E-state index in [1.165, 1.54) is 0 Å². The molecule has 26 heavy (non-hydrogen) atoms. The number of benzene rings is 2. The lowest BCUT2D eigenvalue weighted by atomic mass is 10.1. The number of methoxy groups -OCH3 is 1. The van der Waals surface area contributed by atoms with Crippen LogP contribution in [0.15, 0.2) is 54.6 Å². The van der Waals surface area contributed by atoms with Crippen LogP contribution < -0.4 is 10.1 Å². The first-order valence-corrected chi connectivity index (χ1v) is 8.73. The van der Waals surface area contributed by atoms with E-state index in [0.29, 0.717) is 13.0 Å². The van der Waals surface area contributed by atoms with Crippen molar-refractivity contribution in [1.82, 2.24) is 10.2 Å². The van der Waals surface area contributed by atoms with Crippen molar-refractivity contribution in [2.24, 2.45) is 0 Å². The zero-order chi connectivity index (χ0) is 18.9. The van der Waals surface area contributed by atoms with Crippen LogP contribution in [0.3, 0.4) is 0 Å². The molecule has 0 bridgehead atoms. The van der Waals surface area contributed by atoms with E-state index in [-0.39, 0.29) is 18.2 Å². The third kappa shape index (κ3) is 5.34. The molecule has 1 atom stereocenters. The highest BCUT2D eigenvalue weighted by atomic mass is 16.5. The van der Waals surface area contributed by atoms with Crippen LogP contribution in [0.25, 0.3) is 0 Å². The molecule has 0 aliphatic heterocycles. The molecule has 0 spiro atoms. The number of likely N-dealkylation sites (N-methyl/N-ethyl adjacent to an activating group) is 1. The molecule has 2 amide bonds. The van der Waals surface area contributed by atoms with Crippen molar-refractivity contribution >= 4 is 11.8 Å². The number of hydrogen-bond donors (Lipinski definition) is 1. The molecule has 0 aromatic heterocycles. The van der Waals surface area contributed by atoms with Gasteiger partial charge in [0.1, 0.15) is 11.8 Å². The highest BCUT2D eigenvalue weighted by Crippen LogP contribution is 2.14. The van der Waals surface area contributed by atoms with Gasteiger partial charge in [0.2, 0.25) is 11.8 Å². The summed E-state index contributed by atoms with van der Waals surface area (Å²) < 4.78 is 5.15. The number of rotatable bonds is 8. The summed E-state index contributed by atoms with van der Waals surface area (Å²) in [6, 6.07) is 16.8. The van der Waals surface area contributed by atoms with Crippen LogP contribution in [0.4, 0.5) is 0 Å². The minimum absolute atomic E-state index is 0.0674. The van der Waals surface area contributed by atoms with Crippen molar-refractivity contribution < 1.29 is 14.3 Å². The van der Waals surface area contributed by atoms with E-state index < -0.39 is 6.04 Å². The maximum Gasteiger partial charge on any atom is 0.242 e. The SMILES string of the molecule is CNC(=O)[C@@H](C)N(CCc1ccccc1)C(=O)Cc1ccc(OC)cc1. The average molecular weight is 354 g/mol. The van der Waals surface area contributed by atoms with Crippen LogP contribution in [-0.4, -0.2) is 43.5 Å². The predicted octanol–water partition coefficient (Wildman–Crippen LogP) is 2.44. The Balaban J connectivity index is 2.10. The van der Waals surface area contributed by atoms with Gasteiger partial charge in [0, 0.05) is 13.6 Å². The molecular formula is C21H26N2O3. The second kappa shape index (κ2) is 9.61. The van der Waals surface area contributed by atoms with E-state index >= 15 is 0 Å². The Kier molecular flexibility index (Phi) is 7.21. The number of carbonyl (C=O) groups is 2. The molecule has 0 fully saturated rings. The van der Waals surface area contributed by atoms with Crippen LogP contribution in [0.2, 0.25) is 0 Å². The van der Waals surface area contributed by atoms with Crippen LogP contribution in [0.5, 0.6) is 5.75 Å². The van der Waals surface area contributed by atoms with Crippen molar-refractivity contribution in [3.8, 4) is 5.75 Å². The summed E-state index contributed by atoms with van der Waals surface area (Å²) in [4.78, 5) is 26.6. The number of amides is 2. The molecule has 138 valence electrons. The first-order valence-electron chi connectivity index (χ1n) is 8.73. The molecule has 5 nitrogen and oxygen atoms in total. The van der Waals surface area contributed by atoms with Gasteiger partial charge in [0.05, 0.1) is 13.5 Å². The zero-order valence-electron chi connectivity index (χ0n) is 15.6. The molecule has 0 heterocycles. The fraction of sp³-hybridized carbons (Fsp3) is 0.333. The number of ether oxygens (including phenoxy) is 1. The van der Waals surface area contributed by atoms with Crippen LogP contribution in [-0.2, 0) is 22.4 Å². The van der Waals surface area contributed by atoms with E-state index in [4.69, 9.17) is 4.74 Å². The first-order chi connectivity index (χ1) is 12.5. The monoisotopic (exact) mass is 354 g/mol.